The summed E-state index contributed by atoms with van der Waals surface area (Å²) in [5.74, 6) is -0.435. The molecule has 1 unspecified atom stereocenters. The SMILES string of the molecule is CCOC(C)OC(=O)OC1=C(c2c(Cl)cc(-c3ccccc3)cc2CC)C(=O)OCC1(C)C. The van der Waals surface area contributed by atoms with Gasteiger partial charge in [-0.3, -0.25) is 0 Å². The molecule has 0 bridgehead atoms. The zero-order chi connectivity index (χ0) is 24.2. The molecule has 1 heterocycles. The summed E-state index contributed by atoms with van der Waals surface area (Å²) in [4.78, 5) is 25.5. The van der Waals surface area contributed by atoms with E-state index in [9.17, 15) is 9.59 Å². The summed E-state index contributed by atoms with van der Waals surface area (Å²) in [6.07, 6.45) is -1.14. The summed E-state index contributed by atoms with van der Waals surface area (Å²) in [7, 11) is 0. The fourth-order valence-corrected chi connectivity index (χ4v) is 4.08. The van der Waals surface area contributed by atoms with E-state index in [-0.39, 0.29) is 17.9 Å². The Morgan fingerprint density at radius 2 is 1.85 bits per heavy atom. The number of carbonyl (C=O) groups is 2. The van der Waals surface area contributed by atoms with Gasteiger partial charge in [-0.25, -0.2) is 9.59 Å². The lowest BCUT2D eigenvalue weighted by Crippen LogP contribution is -2.35. The molecule has 0 saturated heterocycles. The van der Waals surface area contributed by atoms with Gasteiger partial charge in [0.2, 0.25) is 6.29 Å². The Labute approximate surface area is 199 Å². The van der Waals surface area contributed by atoms with Crippen LogP contribution in [0.2, 0.25) is 5.02 Å². The Balaban J connectivity index is 2.13. The number of halogens is 1. The zero-order valence-corrected chi connectivity index (χ0v) is 20.3. The summed E-state index contributed by atoms with van der Waals surface area (Å²) >= 11 is 6.75. The third-order valence-electron chi connectivity index (χ3n) is 5.37. The molecule has 33 heavy (non-hydrogen) atoms. The lowest BCUT2D eigenvalue weighted by atomic mass is 9.83. The second kappa shape index (κ2) is 10.4. The highest BCUT2D eigenvalue weighted by Crippen LogP contribution is 2.43. The summed E-state index contributed by atoms with van der Waals surface area (Å²) in [5.41, 5.74) is 2.63. The van der Waals surface area contributed by atoms with Crippen molar-refractivity contribution in [3.63, 3.8) is 0 Å². The summed E-state index contributed by atoms with van der Waals surface area (Å²) in [5, 5.41) is 0.370. The molecule has 1 atom stereocenters. The molecule has 176 valence electrons. The third-order valence-corrected chi connectivity index (χ3v) is 5.67. The van der Waals surface area contributed by atoms with Gasteiger partial charge in [0, 0.05) is 17.2 Å². The van der Waals surface area contributed by atoms with Crippen molar-refractivity contribution in [2.24, 2.45) is 5.41 Å². The normalized spacial score (nSPS) is 16.2. The number of benzene rings is 2. The highest BCUT2D eigenvalue weighted by atomic mass is 35.5. The lowest BCUT2D eigenvalue weighted by Gasteiger charge is -2.33. The number of hydrogen-bond acceptors (Lipinski definition) is 6. The molecule has 1 aliphatic heterocycles. The molecule has 2 aromatic rings. The van der Waals surface area contributed by atoms with Crippen molar-refractivity contribution < 1.29 is 28.5 Å². The summed E-state index contributed by atoms with van der Waals surface area (Å²) in [6, 6.07) is 13.6. The minimum absolute atomic E-state index is 0.0557. The van der Waals surface area contributed by atoms with Crippen LogP contribution in [0.25, 0.3) is 16.7 Å². The van der Waals surface area contributed by atoms with E-state index in [1.807, 2.05) is 57.2 Å². The first kappa shape index (κ1) is 24.8. The van der Waals surface area contributed by atoms with Crippen molar-refractivity contribution in [2.45, 2.75) is 47.3 Å². The number of esters is 1. The van der Waals surface area contributed by atoms with E-state index >= 15 is 0 Å². The summed E-state index contributed by atoms with van der Waals surface area (Å²) in [6.45, 7) is 9.44. The average Bonchev–Trinajstić information content (AvgIpc) is 2.77. The van der Waals surface area contributed by atoms with Gasteiger partial charge in [-0.15, -0.1) is 0 Å². The lowest BCUT2D eigenvalue weighted by molar-refractivity contribution is -0.142. The molecule has 0 amide bonds. The van der Waals surface area contributed by atoms with Crippen LogP contribution in [0.4, 0.5) is 4.79 Å². The number of carbonyl (C=O) groups excluding carboxylic acids is 2. The molecule has 0 aromatic heterocycles. The van der Waals surface area contributed by atoms with Gasteiger partial charge >= 0.3 is 12.1 Å². The Morgan fingerprint density at radius 1 is 1.15 bits per heavy atom. The first-order chi connectivity index (χ1) is 15.7. The zero-order valence-electron chi connectivity index (χ0n) is 19.6. The van der Waals surface area contributed by atoms with Crippen molar-refractivity contribution in [3.05, 3.63) is 64.4 Å². The second-order valence-electron chi connectivity index (χ2n) is 8.37. The number of rotatable bonds is 7. The van der Waals surface area contributed by atoms with E-state index in [2.05, 4.69) is 0 Å². The van der Waals surface area contributed by atoms with Crippen LogP contribution in [0.3, 0.4) is 0 Å². The Hall–Kier alpha value is -2.83. The third kappa shape index (κ3) is 5.57. The van der Waals surface area contributed by atoms with Crippen LogP contribution in [-0.2, 0) is 30.2 Å². The number of ether oxygens (including phenoxy) is 4. The maximum atomic E-state index is 13.0. The molecule has 0 saturated carbocycles. The molecule has 6 nitrogen and oxygen atoms in total. The highest BCUT2D eigenvalue weighted by molar-refractivity contribution is 6.35. The van der Waals surface area contributed by atoms with Crippen LogP contribution in [0.1, 0.15) is 45.7 Å². The topological polar surface area (TPSA) is 71.1 Å². The predicted octanol–water partition coefficient (Wildman–Crippen LogP) is 6.40. The van der Waals surface area contributed by atoms with E-state index in [4.69, 9.17) is 30.5 Å². The summed E-state index contributed by atoms with van der Waals surface area (Å²) < 4.78 is 21.5. The molecule has 0 spiro atoms. The van der Waals surface area contributed by atoms with Crippen molar-refractivity contribution in [2.75, 3.05) is 13.2 Å². The van der Waals surface area contributed by atoms with Gasteiger partial charge in [-0.2, -0.15) is 0 Å². The standard InChI is InChI=1S/C26H29ClO6/c1-6-17-13-19(18-11-9-8-10-12-18)14-20(27)21(17)22-23(26(4,5)15-31-24(22)28)33-25(29)32-16(3)30-7-2/h8-14,16H,6-7,15H2,1-5H3. The molecule has 0 N–H and O–H groups in total. The minimum Gasteiger partial charge on any atom is -0.461 e. The molecule has 1 aliphatic rings. The Bertz CT molecular complexity index is 1060. The van der Waals surface area contributed by atoms with Gasteiger partial charge in [0.05, 0.1) is 5.41 Å². The van der Waals surface area contributed by atoms with Crippen LogP contribution >= 0.6 is 11.6 Å². The number of aryl methyl sites for hydroxylation is 1. The fraction of sp³-hybridized carbons (Fsp3) is 0.385. The fourth-order valence-electron chi connectivity index (χ4n) is 3.75. The molecular formula is C26H29ClO6. The Kier molecular flexibility index (Phi) is 7.82. The van der Waals surface area contributed by atoms with Crippen molar-refractivity contribution in [3.8, 4) is 11.1 Å². The average molecular weight is 473 g/mol. The van der Waals surface area contributed by atoms with E-state index in [0.29, 0.717) is 23.6 Å². The van der Waals surface area contributed by atoms with Crippen molar-refractivity contribution >= 4 is 29.3 Å². The van der Waals surface area contributed by atoms with Gasteiger partial charge in [0.15, 0.2) is 0 Å². The number of hydrogen-bond donors (Lipinski definition) is 0. The number of cyclic esters (lactones) is 1. The molecule has 3 rings (SSSR count). The first-order valence-corrected chi connectivity index (χ1v) is 11.4. The first-order valence-electron chi connectivity index (χ1n) is 11.0. The van der Waals surface area contributed by atoms with E-state index in [1.165, 1.54) is 0 Å². The van der Waals surface area contributed by atoms with Crippen LogP contribution in [0.5, 0.6) is 0 Å². The van der Waals surface area contributed by atoms with Gasteiger partial charge < -0.3 is 18.9 Å². The largest absolute Gasteiger partial charge is 0.515 e. The van der Waals surface area contributed by atoms with Crippen LogP contribution in [0.15, 0.2) is 48.2 Å². The van der Waals surface area contributed by atoms with Crippen LogP contribution in [0, 0.1) is 5.41 Å². The second-order valence-corrected chi connectivity index (χ2v) is 8.78. The quantitative estimate of drug-likeness (QED) is 0.343. The van der Waals surface area contributed by atoms with Crippen molar-refractivity contribution in [1.82, 2.24) is 0 Å². The van der Waals surface area contributed by atoms with Gasteiger partial charge in [0.1, 0.15) is 17.9 Å². The minimum atomic E-state index is -0.957. The molecule has 0 fully saturated rings. The van der Waals surface area contributed by atoms with E-state index < -0.39 is 23.8 Å². The molecule has 2 aromatic carbocycles. The molecular weight excluding hydrogens is 444 g/mol. The van der Waals surface area contributed by atoms with E-state index in [1.54, 1.807) is 19.9 Å². The van der Waals surface area contributed by atoms with E-state index in [0.717, 1.165) is 16.7 Å². The maximum Gasteiger partial charge on any atom is 0.515 e. The van der Waals surface area contributed by atoms with Gasteiger partial charge in [-0.1, -0.05) is 54.9 Å². The van der Waals surface area contributed by atoms with Gasteiger partial charge in [0.25, 0.3) is 0 Å². The smallest absolute Gasteiger partial charge is 0.461 e. The Morgan fingerprint density at radius 3 is 2.48 bits per heavy atom. The molecule has 7 heteroatoms. The monoisotopic (exact) mass is 472 g/mol. The predicted molar refractivity (Wildman–Crippen MR) is 127 cm³/mol. The van der Waals surface area contributed by atoms with Crippen LogP contribution in [-0.4, -0.2) is 31.6 Å². The maximum absolute atomic E-state index is 13.0. The molecule has 0 radical (unpaired) electrons. The molecule has 0 aliphatic carbocycles. The van der Waals surface area contributed by atoms with Gasteiger partial charge in [-0.05, 0) is 56.9 Å². The van der Waals surface area contributed by atoms with Crippen LogP contribution < -0.4 is 0 Å². The van der Waals surface area contributed by atoms with Crippen molar-refractivity contribution in [1.29, 1.82) is 0 Å². The highest BCUT2D eigenvalue weighted by Gasteiger charge is 2.41.